The molecule has 0 fully saturated rings. The number of ether oxygens (including phenoxy) is 2. The van der Waals surface area contributed by atoms with Crippen LogP contribution >= 0.6 is 0 Å². The Balaban J connectivity index is 2.06. The molecule has 0 aliphatic rings. The molecule has 2 N–H and O–H groups in total. The van der Waals surface area contributed by atoms with Crippen LogP contribution in [0.25, 0.3) is 0 Å². The van der Waals surface area contributed by atoms with Crippen LogP contribution in [0.4, 0.5) is 0 Å². The summed E-state index contributed by atoms with van der Waals surface area (Å²) in [4.78, 5) is 4.27. The summed E-state index contributed by atoms with van der Waals surface area (Å²) in [5.74, 6) is 1.53. The summed E-state index contributed by atoms with van der Waals surface area (Å²) in [5, 5.41) is 0. The molecular formula is C16H20N2O2. The van der Waals surface area contributed by atoms with E-state index in [1.165, 1.54) is 0 Å². The van der Waals surface area contributed by atoms with E-state index in [0.29, 0.717) is 6.61 Å². The van der Waals surface area contributed by atoms with Crippen molar-refractivity contribution in [3.05, 3.63) is 53.9 Å². The molecule has 0 amide bonds. The fraction of sp³-hybridized carbons (Fsp3) is 0.312. The molecule has 1 heterocycles. The topological polar surface area (TPSA) is 57.4 Å². The van der Waals surface area contributed by atoms with E-state index in [0.717, 1.165) is 29.2 Å². The van der Waals surface area contributed by atoms with Crippen LogP contribution in [0.2, 0.25) is 0 Å². The monoisotopic (exact) mass is 272 g/mol. The Morgan fingerprint density at radius 2 is 1.95 bits per heavy atom. The van der Waals surface area contributed by atoms with Gasteiger partial charge in [-0.3, -0.25) is 4.98 Å². The van der Waals surface area contributed by atoms with E-state index in [1.807, 2.05) is 43.3 Å². The fourth-order valence-corrected chi connectivity index (χ4v) is 2.09. The van der Waals surface area contributed by atoms with E-state index >= 15 is 0 Å². The third-order valence-electron chi connectivity index (χ3n) is 3.04. The first kappa shape index (κ1) is 14.3. The molecule has 2 rings (SSSR count). The molecule has 0 saturated carbocycles. The number of methoxy groups -OCH3 is 1. The Morgan fingerprint density at radius 1 is 1.15 bits per heavy atom. The maximum Gasteiger partial charge on any atom is 0.127 e. The fourth-order valence-electron chi connectivity index (χ4n) is 2.09. The first-order valence-corrected chi connectivity index (χ1v) is 6.67. The number of nitrogens with zero attached hydrogens (tertiary/aromatic N) is 1. The van der Waals surface area contributed by atoms with Crippen molar-refractivity contribution in [2.24, 2.45) is 5.73 Å². The molecule has 2 aromatic rings. The standard InChI is InChI=1S/C16H20N2O2/c1-12(17)16-14(19-2)7-5-8-15(16)20-11-9-13-6-3-4-10-18-13/h3-8,10,12H,9,11,17H2,1-2H3/t12-/m0/s1. The molecule has 1 atom stereocenters. The minimum absolute atomic E-state index is 0.143. The number of pyridine rings is 1. The van der Waals surface area contributed by atoms with E-state index < -0.39 is 0 Å². The van der Waals surface area contributed by atoms with Gasteiger partial charge in [-0.2, -0.15) is 0 Å². The second-order valence-corrected chi connectivity index (χ2v) is 4.58. The number of nitrogens with two attached hydrogens (primary N) is 1. The van der Waals surface area contributed by atoms with E-state index in [4.69, 9.17) is 15.2 Å². The van der Waals surface area contributed by atoms with Crippen molar-refractivity contribution < 1.29 is 9.47 Å². The van der Waals surface area contributed by atoms with Crippen LogP contribution in [0.3, 0.4) is 0 Å². The second kappa shape index (κ2) is 6.91. The highest BCUT2D eigenvalue weighted by Gasteiger charge is 2.14. The number of benzene rings is 1. The maximum atomic E-state index is 6.00. The molecular weight excluding hydrogens is 252 g/mol. The zero-order valence-corrected chi connectivity index (χ0v) is 11.9. The van der Waals surface area contributed by atoms with Gasteiger partial charge in [0.1, 0.15) is 11.5 Å². The Morgan fingerprint density at radius 3 is 2.60 bits per heavy atom. The summed E-state index contributed by atoms with van der Waals surface area (Å²) < 4.78 is 11.2. The van der Waals surface area contributed by atoms with Crippen LogP contribution in [0, 0.1) is 0 Å². The summed E-state index contributed by atoms with van der Waals surface area (Å²) in [6.07, 6.45) is 2.55. The predicted molar refractivity (Wildman–Crippen MR) is 79.0 cm³/mol. The highest BCUT2D eigenvalue weighted by molar-refractivity contribution is 5.46. The van der Waals surface area contributed by atoms with Crippen molar-refractivity contribution in [1.29, 1.82) is 0 Å². The van der Waals surface area contributed by atoms with Gasteiger partial charge in [0.2, 0.25) is 0 Å². The van der Waals surface area contributed by atoms with Crippen LogP contribution in [-0.4, -0.2) is 18.7 Å². The molecule has 0 unspecified atom stereocenters. The summed E-state index contributed by atoms with van der Waals surface area (Å²) >= 11 is 0. The molecule has 4 heteroatoms. The van der Waals surface area contributed by atoms with E-state index in [9.17, 15) is 0 Å². The van der Waals surface area contributed by atoms with Crippen LogP contribution in [-0.2, 0) is 6.42 Å². The lowest BCUT2D eigenvalue weighted by atomic mass is 10.1. The van der Waals surface area contributed by atoms with Gasteiger partial charge in [-0.05, 0) is 31.2 Å². The number of hydrogen-bond donors (Lipinski definition) is 1. The summed E-state index contributed by atoms with van der Waals surface area (Å²) in [6, 6.07) is 11.4. The van der Waals surface area contributed by atoms with Crippen molar-refractivity contribution in [2.45, 2.75) is 19.4 Å². The van der Waals surface area contributed by atoms with Crippen molar-refractivity contribution in [1.82, 2.24) is 4.98 Å². The Hall–Kier alpha value is -2.07. The lowest BCUT2D eigenvalue weighted by Crippen LogP contribution is -2.11. The molecule has 1 aromatic heterocycles. The first-order valence-electron chi connectivity index (χ1n) is 6.67. The number of aromatic nitrogens is 1. The SMILES string of the molecule is COc1cccc(OCCc2ccccn2)c1[C@H](C)N. The van der Waals surface area contributed by atoms with Crippen molar-refractivity contribution in [3.8, 4) is 11.5 Å². The number of rotatable bonds is 6. The van der Waals surface area contributed by atoms with Crippen molar-refractivity contribution >= 4 is 0 Å². The largest absolute Gasteiger partial charge is 0.496 e. The first-order chi connectivity index (χ1) is 9.72. The highest BCUT2D eigenvalue weighted by Crippen LogP contribution is 2.32. The van der Waals surface area contributed by atoms with Gasteiger partial charge in [-0.25, -0.2) is 0 Å². The zero-order valence-electron chi connectivity index (χ0n) is 11.9. The lowest BCUT2D eigenvalue weighted by Gasteiger charge is -2.17. The van der Waals surface area contributed by atoms with E-state index in [1.54, 1.807) is 13.3 Å². The van der Waals surface area contributed by atoms with Gasteiger partial charge in [0.05, 0.1) is 19.3 Å². The van der Waals surface area contributed by atoms with Gasteiger partial charge in [0.15, 0.2) is 0 Å². The molecule has 0 saturated heterocycles. The molecule has 20 heavy (non-hydrogen) atoms. The van der Waals surface area contributed by atoms with Gasteiger partial charge in [-0.15, -0.1) is 0 Å². The molecule has 0 aliphatic carbocycles. The molecule has 0 aliphatic heterocycles. The molecule has 0 bridgehead atoms. The summed E-state index contributed by atoms with van der Waals surface area (Å²) in [7, 11) is 1.64. The lowest BCUT2D eigenvalue weighted by molar-refractivity contribution is 0.311. The summed E-state index contributed by atoms with van der Waals surface area (Å²) in [6.45, 7) is 2.48. The van der Waals surface area contributed by atoms with Crippen LogP contribution in [0.15, 0.2) is 42.6 Å². The molecule has 0 radical (unpaired) electrons. The van der Waals surface area contributed by atoms with Crippen LogP contribution in [0.5, 0.6) is 11.5 Å². The minimum Gasteiger partial charge on any atom is -0.496 e. The second-order valence-electron chi connectivity index (χ2n) is 4.58. The van der Waals surface area contributed by atoms with Gasteiger partial charge >= 0.3 is 0 Å². The normalized spacial score (nSPS) is 11.9. The number of hydrogen-bond acceptors (Lipinski definition) is 4. The van der Waals surface area contributed by atoms with Gasteiger partial charge in [0.25, 0.3) is 0 Å². The molecule has 106 valence electrons. The predicted octanol–water partition coefficient (Wildman–Crippen LogP) is 2.73. The molecule has 4 nitrogen and oxygen atoms in total. The smallest absolute Gasteiger partial charge is 0.127 e. The van der Waals surface area contributed by atoms with Gasteiger partial charge in [-0.1, -0.05) is 12.1 Å². The molecule has 0 spiro atoms. The average Bonchev–Trinajstić information content (AvgIpc) is 2.47. The maximum absolute atomic E-state index is 6.00. The van der Waals surface area contributed by atoms with E-state index in [-0.39, 0.29) is 6.04 Å². The third kappa shape index (κ3) is 3.48. The Labute approximate surface area is 119 Å². The summed E-state index contributed by atoms with van der Waals surface area (Å²) in [5.41, 5.74) is 7.91. The van der Waals surface area contributed by atoms with Crippen molar-refractivity contribution in [3.63, 3.8) is 0 Å². The average molecular weight is 272 g/mol. The zero-order chi connectivity index (χ0) is 14.4. The van der Waals surface area contributed by atoms with Gasteiger partial charge < -0.3 is 15.2 Å². The van der Waals surface area contributed by atoms with E-state index in [2.05, 4.69) is 4.98 Å². The van der Waals surface area contributed by atoms with Crippen LogP contribution < -0.4 is 15.2 Å². The van der Waals surface area contributed by atoms with Crippen LogP contribution in [0.1, 0.15) is 24.2 Å². The quantitative estimate of drug-likeness (QED) is 0.878. The minimum atomic E-state index is -0.143. The third-order valence-corrected chi connectivity index (χ3v) is 3.04. The highest BCUT2D eigenvalue weighted by atomic mass is 16.5. The molecule has 1 aromatic carbocycles. The van der Waals surface area contributed by atoms with Gasteiger partial charge in [0, 0.05) is 24.4 Å². The Kier molecular flexibility index (Phi) is 4.96. The van der Waals surface area contributed by atoms with Crippen molar-refractivity contribution in [2.75, 3.05) is 13.7 Å². The Bertz CT molecular complexity index is 541.